The fourth-order valence-electron chi connectivity index (χ4n) is 3.69. The maximum absolute atomic E-state index is 5.09. The first kappa shape index (κ1) is 18.4. The Morgan fingerprint density at radius 1 is 0.957 bits per heavy atom. The summed E-state index contributed by atoms with van der Waals surface area (Å²) in [5.74, 6) is 1.11. The Morgan fingerprint density at radius 2 is 1.70 bits per heavy atom. The summed E-state index contributed by atoms with van der Waals surface area (Å²) in [5.41, 5.74) is 2.92. The van der Waals surface area contributed by atoms with Gasteiger partial charge in [0, 0.05) is 17.3 Å². The summed E-state index contributed by atoms with van der Waals surface area (Å²) >= 11 is 0. The van der Waals surface area contributed by atoms with Crippen molar-refractivity contribution in [3.63, 3.8) is 0 Å². The lowest BCUT2D eigenvalue weighted by Gasteiger charge is -2.27. The summed E-state index contributed by atoms with van der Waals surface area (Å²) in [5, 5.41) is 0. The normalized spacial score (nSPS) is 18.4. The standard InChI is InChI=1S/C21H36N2/c1-4-6-7-13-16-21(3,5-2)20-22-17-18-14-11-9-8-10-12-15-19(18)23-20/h17H,4-16H2,1-3H3. The van der Waals surface area contributed by atoms with Gasteiger partial charge >= 0.3 is 0 Å². The molecule has 2 heteroatoms. The van der Waals surface area contributed by atoms with Crippen molar-refractivity contribution < 1.29 is 0 Å². The van der Waals surface area contributed by atoms with E-state index in [1.807, 2.05) is 0 Å². The molecule has 0 aromatic carbocycles. The number of aryl methyl sites for hydroxylation is 2. The van der Waals surface area contributed by atoms with Gasteiger partial charge in [0.25, 0.3) is 0 Å². The Kier molecular flexibility index (Phi) is 7.52. The average molecular weight is 317 g/mol. The van der Waals surface area contributed by atoms with E-state index in [-0.39, 0.29) is 5.41 Å². The third-order valence-corrected chi connectivity index (χ3v) is 5.72. The summed E-state index contributed by atoms with van der Waals surface area (Å²) in [4.78, 5) is 9.91. The average Bonchev–Trinajstić information content (AvgIpc) is 2.69. The molecule has 0 bridgehead atoms. The van der Waals surface area contributed by atoms with Crippen LogP contribution >= 0.6 is 0 Å². The van der Waals surface area contributed by atoms with E-state index in [0.29, 0.717) is 0 Å². The Hall–Kier alpha value is -0.920. The van der Waals surface area contributed by atoms with Crippen LogP contribution in [-0.4, -0.2) is 9.97 Å². The molecule has 130 valence electrons. The summed E-state index contributed by atoms with van der Waals surface area (Å²) in [6, 6.07) is 0. The number of nitrogens with zero attached hydrogens (tertiary/aromatic N) is 2. The smallest absolute Gasteiger partial charge is 0.134 e. The van der Waals surface area contributed by atoms with E-state index in [9.17, 15) is 0 Å². The number of hydrogen-bond donors (Lipinski definition) is 0. The molecule has 1 aliphatic rings. The minimum Gasteiger partial charge on any atom is -0.240 e. The monoisotopic (exact) mass is 316 g/mol. The molecule has 1 atom stereocenters. The van der Waals surface area contributed by atoms with Gasteiger partial charge in [0.15, 0.2) is 0 Å². The van der Waals surface area contributed by atoms with Crippen LogP contribution in [0.1, 0.15) is 108 Å². The Labute approximate surface area is 143 Å². The molecule has 0 radical (unpaired) electrons. The van der Waals surface area contributed by atoms with Gasteiger partial charge in [-0.05, 0) is 44.1 Å². The van der Waals surface area contributed by atoms with Crippen molar-refractivity contribution in [2.24, 2.45) is 0 Å². The number of aromatic nitrogens is 2. The van der Waals surface area contributed by atoms with Gasteiger partial charge in [0.05, 0.1) is 0 Å². The van der Waals surface area contributed by atoms with Crippen LogP contribution < -0.4 is 0 Å². The molecule has 2 rings (SSSR count). The van der Waals surface area contributed by atoms with E-state index in [4.69, 9.17) is 9.97 Å². The second-order valence-electron chi connectivity index (χ2n) is 7.66. The van der Waals surface area contributed by atoms with Gasteiger partial charge in [-0.1, -0.05) is 65.7 Å². The lowest BCUT2D eigenvalue weighted by molar-refractivity contribution is 0.372. The maximum atomic E-state index is 5.09. The zero-order chi connectivity index (χ0) is 16.5. The van der Waals surface area contributed by atoms with Crippen molar-refractivity contribution in [1.82, 2.24) is 9.97 Å². The highest BCUT2D eigenvalue weighted by Crippen LogP contribution is 2.32. The predicted octanol–water partition coefficient (Wildman–Crippen LogP) is 6.16. The first-order valence-electron chi connectivity index (χ1n) is 10.0. The van der Waals surface area contributed by atoms with E-state index < -0.39 is 0 Å². The number of hydrogen-bond acceptors (Lipinski definition) is 2. The lowest BCUT2D eigenvalue weighted by atomic mass is 9.81. The molecule has 23 heavy (non-hydrogen) atoms. The largest absolute Gasteiger partial charge is 0.240 e. The van der Waals surface area contributed by atoms with E-state index in [1.54, 1.807) is 0 Å². The molecule has 1 unspecified atom stereocenters. The van der Waals surface area contributed by atoms with Crippen LogP contribution in [0.4, 0.5) is 0 Å². The van der Waals surface area contributed by atoms with Gasteiger partial charge in [0.2, 0.25) is 0 Å². The molecule has 1 aromatic heterocycles. The Balaban J connectivity index is 2.13. The van der Waals surface area contributed by atoms with E-state index in [1.165, 1.54) is 81.9 Å². The van der Waals surface area contributed by atoms with Crippen LogP contribution in [0.5, 0.6) is 0 Å². The van der Waals surface area contributed by atoms with E-state index >= 15 is 0 Å². The third-order valence-electron chi connectivity index (χ3n) is 5.72. The molecule has 2 nitrogen and oxygen atoms in total. The molecule has 1 aliphatic carbocycles. The molecule has 0 aliphatic heterocycles. The van der Waals surface area contributed by atoms with Crippen molar-refractivity contribution in [1.29, 1.82) is 0 Å². The van der Waals surface area contributed by atoms with Gasteiger partial charge in [0.1, 0.15) is 5.82 Å². The van der Waals surface area contributed by atoms with Crippen LogP contribution in [0, 0.1) is 0 Å². The van der Waals surface area contributed by atoms with Crippen LogP contribution in [0.2, 0.25) is 0 Å². The first-order chi connectivity index (χ1) is 11.2. The predicted molar refractivity (Wildman–Crippen MR) is 98.9 cm³/mol. The molecule has 1 heterocycles. The molecular weight excluding hydrogens is 280 g/mol. The van der Waals surface area contributed by atoms with Gasteiger partial charge in [-0.15, -0.1) is 0 Å². The second kappa shape index (κ2) is 9.39. The number of unbranched alkanes of at least 4 members (excludes halogenated alkanes) is 3. The SMILES string of the molecule is CCCCCCC(C)(CC)c1ncc2c(n1)CCCCCCC2. The summed E-state index contributed by atoms with van der Waals surface area (Å²) in [7, 11) is 0. The summed E-state index contributed by atoms with van der Waals surface area (Å²) < 4.78 is 0. The number of fused-ring (bicyclic) bond motifs is 1. The van der Waals surface area contributed by atoms with Crippen molar-refractivity contribution in [2.75, 3.05) is 0 Å². The molecule has 0 saturated carbocycles. The van der Waals surface area contributed by atoms with Crippen molar-refractivity contribution in [3.05, 3.63) is 23.3 Å². The third kappa shape index (κ3) is 5.29. The lowest BCUT2D eigenvalue weighted by Crippen LogP contribution is -2.25. The molecule has 1 aromatic rings. The molecule has 0 spiro atoms. The van der Waals surface area contributed by atoms with Crippen LogP contribution in [-0.2, 0) is 18.3 Å². The van der Waals surface area contributed by atoms with Crippen molar-refractivity contribution >= 4 is 0 Å². The zero-order valence-electron chi connectivity index (χ0n) is 15.7. The molecule has 0 saturated heterocycles. The fraction of sp³-hybridized carbons (Fsp3) is 0.810. The minimum absolute atomic E-state index is 0.154. The number of rotatable bonds is 7. The highest BCUT2D eigenvalue weighted by Gasteiger charge is 2.28. The van der Waals surface area contributed by atoms with Crippen LogP contribution in [0.15, 0.2) is 6.20 Å². The fourth-order valence-corrected chi connectivity index (χ4v) is 3.69. The van der Waals surface area contributed by atoms with E-state index in [0.717, 1.165) is 18.7 Å². The summed E-state index contributed by atoms with van der Waals surface area (Å²) in [6.07, 6.45) is 18.9. The topological polar surface area (TPSA) is 25.8 Å². The summed E-state index contributed by atoms with van der Waals surface area (Å²) in [6.45, 7) is 6.94. The molecule has 0 amide bonds. The van der Waals surface area contributed by atoms with Crippen LogP contribution in [0.25, 0.3) is 0 Å². The first-order valence-corrected chi connectivity index (χ1v) is 10.0. The second-order valence-corrected chi connectivity index (χ2v) is 7.66. The quantitative estimate of drug-likeness (QED) is 0.563. The Bertz CT molecular complexity index is 469. The highest BCUT2D eigenvalue weighted by atomic mass is 14.9. The van der Waals surface area contributed by atoms with Gasteiger partial charge < -0.3 is 0 Å². The molecule has 0 fully saturated rings. The van der Waals surface area contributed by atoms with Crippen molar-refractivity contribution in [2.45, 2.75) is 110 Å². The highest BCUT2D eigenvalue weighted by molar-refractivity contribution is 5.21. The molecule has 0 N–H and O–H groups in total. The van der Waals surface area contributed by atoms with Gasteiger partial charge in [-0.3, -0.25) is 0 Å². The Morgan fingerprint density at radius 3 is 2.43 bits per heavy atom. The minimum atomic E-state index is 0.154. The van der Waals surface area contributed by atoms with Gasteiger partial charge in [-0.2, -0.15) is 0 Å². The zero-order valence-corrected chi connectivity index (χ0v) is 15.7. The molecular formula is C21H36N2. The van der Waals surface area contributed by atoms with Crippen molar-refractivity contribution in [3.8, 4) is 0 Å². The van der Waals surface area contributed by atoms with Gasteiger partial charge in [-0.25, -0.2) is 9.97 Å². The maximum Gasteiger partial charge on any atom is 0.134 e. The van der Waals surface area contributed by atoms with Crippen LogP contribution in [0.3, 0.4) is 0 Å². The van der Waals surface area contributed by atoms with E-state index in [2.05, 4.69) is 27.0 Å².